The van der Waals surface area contributed by atoms with Crippen LogP contribution in [0.2, 0.25) is 0 Å². The van der Waals surface area contributed by atoms with E-state index < -0.39 is 0 Å². The zero-order valence-corrected chi connectivity index (χ0v) is 12.5. The molecule has 1 aromatic carbocycles. The average molecular weight is 323 g/mol. The van der Waals surface area contributed by atoms with Crippen LogP contribution in [0.1, 0.15) is 29.6 Å². The summed E-state index contributed by atoms with van der Waals surface area (Å²) in [5.41, 5.74) is 6.85. The van der Waals surface area contributed by atoms with Crippen LogP contribution in [0.3, 0.4) is 0 Å². The third kappa shape index (κ3) is 2.84. The molecule has 2 fully saturated rings. The van der Waals surface area contributed by atoms with Gasteiger partial charge in [0.1, 0.15) is 0 Å². The second kappa shape index (κ2) is 5.25. The highest BCUT2D eigenvalue weighted by Gasteiger charge is 2.35. The van der Waals surface area contributed by atoms with E-state index in [0.29, 0.717) is 17.9 Å². The van der Waals surface area contributed by atoms with E-state index in [2.05, 4.69) is 15.9 Å². The molecule has 1 aliphatic carbocycles. The summed E-state index contributed by atoms with van der Waals surface area (Å²) in [5, 5.41) is 0. The van der Waals surface area contributed by atoms with Crippen LogP contribution in [0.4, 0.5) is 0 Å². The van der Waals surface area contributed by atoms with Gasteiger partial charge in [0.15, 0.2) is 0 Å². The second-order valence-electron chi connectivity index (χ2n) is 5.92. The van der Waals surface area contributed by atoms with Crippen LogP contribution in [0.15, 0.2) is 28.7 Å². The minimum Gasteiger partial charge on any atom is -0.338 e. The Morgan fingerprint density at radius 2 is 1.68 bits per heavy atom. The van der Waals surface area contributed by atoms with Crippen molar-refractivity contribution in [1.82, 2.24) is 4.90 Å². The summed E-state index contributed by atoms with van der Waals surface area (Å²) in [6, 6.07) is 7.97. The number of carbonyl (C=O) groups excluding carboxylic acids is 1. The highest BCUT2D eigenvalue weighted by atomic mass is 79.9. The van der Waals surface area contributed by atoms with Crippen LogP contribution in [-0.2, 0) is 0 Å². The van der Waals surface area contributed by atoms with E-state index >= 15 is 0 Å². The fourth-order valence-electron chi connectivity index (χ4n) is 3.55. The predicted molar refractivity (Wildman–Crippen MR) is 78.9 cm³/mol. The number of carbonyl (C=O) groups is 1. The smallest absolute Gasteiger partial charge is 0.253 e. The lowest BCUT2D eigenvalue weighted by Crippen LogP contribution is -2.49. The number of nitrogens with two attached hydrogens (primary N) is 1. The van der Waals surface area contributed by atoms with Gasteiger partial charge in [-0.1, -0.05) is 15.9 Å². The number of hydrogen-bond acceptors (Lipinski definition) is 2. The highest BCUT2D eigenvalue weighted by Crippen LogP contribution is 2.34. The first kappa shape index (κ1) is 13.1. The Bertz CT molecular complexity index is 456. The Labute approximate surface area is 122 Å². The van der Waals surface area contributed by atoms with E-state index in [1.54, 1.807) is 0 Å². The fourth-order valence-corrected chi connectivity index (χ4v) is 3.82. The number of piperidine rings is 1. The van der Waals surface area contributed by atoms with E-state index in [1.165, 1.54) is 6.42 Å². The van der Waals surface area contributed by atoms with Gasteiger partial charge in [0.25, 0.3) is 5.91 Å². The van der Waals surface area contributed by atoms with E-state index in [0.717, 1.165) is 36.0 Å². The number of fused-ring (bicyclic) bond motifs is 2. The van der Waals surface area contributed by atoms with Crippen molar-refractivity contribution in [2.45, 2.75) is 25.3 Å². The minimum absolute atomic E-state index is 0.165. The zero-order chi connectivity index (χ0) is 13.4. The van der Waals surface area contributed by atoms with Crippen molar-refractivity contribution in [3.63, 3.8) is 0 Å². The topological polar surface area (TPSA) is 46.3 Å². The summed E-state index contributed by atoms with van der Waals surface area (Å²) >= 11 is 3.40. The molecule has 3 nitrogen and oxygen atoms in total. The lowest BCUT2D eigenvalue weighted by molar-refractivity contribution is 0.0475. The van der Waals surface area contributed by atoms with Crippen molar-refractivity contribution in [3.8, 4) is 0 Å². The first-order valence-corrected chi connectivity index (χ1v) is 7.71. The van der Waals surface area contributed by atoms with Crippen LogP contribution in [-0.4, -0.2) is 29.9 Å². The van der Waals surface area contributed by atoms with Crippen molar-refractivity contribution < 1.29 is 4.79 Å². The number of halogens is 1. The molecule has 0 radical (unpaired) electrons. The van der Waals surface area contributed by atoms with E-state index in [1.807, 2.05) is 29.2 Å². The molecule has 0 spiro atoms. The molecule has 1 heterocycles. The Morgan fingerprint density at radius 3 is 2.26 bits per heavy atom. The third-order valence-corrected chi connectivity index (χ3v) is 4.80. The second-order valence-corrected chi connectivity index (χ2v) is 6.83. The van der Waals surface area contributed by atoms with Gasteiger partial charge < -0.3 is 10.6 Å². The average Bonchev–Trinajstić information content (AvgIpc) is 2.37. The van der Waals surface area contributed by atoms with Crippen molar-refractivity contribution in [3.05, 3.63) is 34.3 Å². The van der Waals surface area contributed by atoms with Gasteiger partial charge in [0.2, 0.25) is 0 Å². The summed E-state index contributed by atoms with van der Waals surface area (Å²) in [4.78, 5) is 14.5. The molecule has 4 heteroatoms. The fraction of sp³-hybridized carbons (Fsp3) is 0.533. The van der Waals surface area contributed by atoms with Crippen LogP contribution in [0.5, 0.6) is 0 Å². The first-order valence-electron chi connectivity index (χ1n) is 6.92. The number of amides is 1. The normalized spacial score (nSPS) is 30.2. The lowest BCUT2D eigenvalue weighted by Gasteiger charge is -2.43. The molecule has 1 amide bonds. The van der Waals surface area contributed by atoms with Crippen molar-refractivity contribution in [1.29, 1.82) is 0 Å². The van der Waals surface area contributed by atoms with Crippen molar-refractivity contribution in [2.24, 2.45) is 17.6 Å². The summed E-state index contributed by atoms with van der Waals surface area (Å²) in [6.45, 7) is 1.75. The number of likely N-dealkylation sites (tertiary alicyclic amines) is 1. The molecular formula is C15H19BrN2O. The maximum Gasteiger partial charge on any atom is 0.253 e. The van der Waals surface area contributed by atoms with Gasteiger partial charge in [-0.15, -0.1) is 0 Å². The Balaban J connectivity index is 1.73. The molecule has 102 valence electrons. The van der Waals surface area contributed by atoms with E-state index in [9.17, 15) is 4.79 Å². The molecular weight excluding hydrogens is 304 g/mol. The van der Waals surface area contributed by atoms with Gasteiger partial charge in [-0.05, 0) is 55.4 Å². The van der Waals surface area contributed by atoms with Gasteiger partial charge >= 0.3 is 0 Å². The molecule has 1 aliphatic heterocycles. The van der Waals surface area contributed by atoms with Crippen LogP contribution >= 0.6 is 15.9 Å². The predicted octanol–water partition coefficient (Wildman–Crippen LogP) is 2.65. The molecule has 3 rings (SSSR count). The lowest BCUT2D eigenvalue weighted by atomic mass is 9.75. The molecule has 2 atom stereocenters. The number of benzene rings is 1. The zero-order valence-electron chi connectivity index (χ0n) is 10.9. The summed E-state index contributed by atoms with van der Waals surface area (Å²) in [5.74, 6) is 1.36. The maximum absolute atomic E-state index is 12.5. The summed E-state index contributed by atoms with van der Waals surface area (Å²) in [7, 11) is 0. The largest absolute Gasteiger partial charge is 0.338 e. The van der Waals surface area contributed by atoms with Gasteiger partial charge in [-0.2, -0.15) is 0 Å². The van der Waals surface area contributed by atoms with E-state index in [-0.39, 0.29) is 5.91 Å². The molecule has 0 aromatic heterocycles. The SMILES string of the molecule is NC1CC2CC(C1)CN(C(=O)c1ccc(Br)cc1)C2. The van der Waals surface area contributed by atoms with Gasteiger partial charge in [-0.25, -0.2) is 0 Å². The van der Waals surface area contributed by atoms with Crippen LogP contribution < -0.4 is 5.73 Å². The van der Waals surface area contributed by atoms with Gasteiger partial charge in [-0.3, -0.25) is 4.79 Å². The van der Waals surface area contributed by atoms with Gasteiger partial charge in [0.05, 0.1) is 0 Å². The molecule has 1 aromatic rings. The molecule has 2 unspecified atom stereocenters. The van der Waals surface area contributed by atoms with Gasteiger partial charge in [0, 0.05) is 29.2 Å². The Hall–Kier alpha value is -0.870. The maximum atomic E-state index is 12.5. The molecule has 1 saturated carbocycles. The van der Waals surface area contributed by atoms with E-state index in [4.69, 9.17) is 5.73 Å². The highest BCUT2D eigenvalue weighted by molar-refractivity contribution is 9.10. The van der Waals surface area contributed by atoms with Crippen LogP contribution in [0.25, 0.3) is 0 Å². The number of nitrogens with zero attached hydrogens (tertiary/aromatic N) is 1. The Kier molecular flexibility index (Phi) is 3.63. The molecule has 2 N–H and O–H groups in total. The third-order valence-electron chi connectivity index (χ3n) is 4.27. The van der Waals surface area contributed by atoms with Crippen molar-refractivity contribution >= 4 is 21.8 Å². The monoisotopic (exact) mass is 322 g/mol. The van der Waals surface area contributed by atoms with Crippen LogP contribution in [0, 0.1) is 11.8 Å². The summed E-state index contributed by atoms with van der Waals surface area (Å²) < 4.78 is 1.01. The minimum atomic E-state index is 0.165. The quantitative estimate of drug-likeness (QED) is 0.864. The molecule has 2 aliphatic rings. The number of hydrogen-bond donors (Lipinski definition) is 1. The first-order chi connectivity index (χ1) is 9.11. The summed E-state index contributed by atoms with van der Waals surface area (Å²) in [6.07, 6.45) is 3.39. The molecule has 19 heavy (non-hydrogen) atoms. The van der Waals surface area contributed by atoms with Crippen molar-refractivity contribution in [2.75, 3.05) is 13.1 Å². The Morgan fingerprint density at radius 1 is 1.11 bits per heavy atom. The number of rotatable bonds is 1. The standard InChI is InChI=1S/C15H19BrN2O/c16-13-3-1-12(2-4-13)15(19)18-8-10-5-11(9-18)7-14(17)6-10/h1-4,10-11,14H,5-9,17H2. The molecule has 1 saturated heterocycles. The molecule has 2 bridgehead atoms.